The van der Waals surface area contributed by atoms with Crippen LogP contribution in [-0.4, -0.2) is 54.9 Å². The van der Waals surface area contributed by atoms with Crippen LogP contribution >= 0.6 is 0 Å². The van der Waals surface area contributed by atoms with Gasteiger partial charge in [0.25, 0.3) is 5.91 Å². The SMILES string of the molecule is COc1ccccc1C(=O)N1CCO[C@@](CO)(Cc2ccccc2C)C1. The molecule has 1 saturated heterocycles. The molecule has 2 aromatic carbocycles. The normalized spacial score (nSPS) is 20.0. The van der Waals surface area contributed by atoms with Crippen molar-refractivity contribution in [2.24, 2.45) is 0 Å². The molecule has 0 aliphatic carbocycles. The summed E-state index contributed by atoms with van der Waals surface area (Å²) in [6, 6.07) is 15.3. The van der Waals surface area contributed by atoms with E-state index in [0.717, 1.165) is 11.1 Å². The molecule has 0 radical (unpaired) electrons. The molecule has 1 aliphatic heterocycles. The van der Waals surface area contributed by atoms with Crippen LogP contribution in [0.4, 0.5) is 0 Å². The smallest absolute Gasteiger partial charge is 0.257 e. The number of aryl methyl sites for hydroxylation is 1. The number of carbonyl (C=O) groups is 1. The number of carbonyl (C=O) groups excluding carboxylic acids is 1. The number of morpholine rings is 1. The maximum absolute atomic E-state index is 13.0. The molecule has 0 unspecified atom stereocenters. The molecule has 2 aromatic rings. The van der Waals surface area contributed by atoms with Crippen LogP contribution in [0.5, 0.6) is 5.75 Å². The van der Waals surface area contributed by atoms with E-state index in [0.29, 0.717) is 37.4 Å². The van der Waals surface area contributed by atoms with Gasteiger partial charge in [-0.2, -0.15) is 0 Å². The Balaban J connectivity index is 1.83. The number of ether oxygens (including phenoxy) is 2. The molecule has 1 amide bonds. The monoisotopic (exact) mass is 355 g/mol. The largest absolute Gasteiger partial charge is 0.496 e. The summed E-state index contributed by atoms with van der Waals surface area (Å²) >= 11 is 0. The molecular weight excluding hydrogens is 330 g/mol. The van der Waals surface area contributed by atoms with Crippen molar-refractivity contribution in [3.63, 3.8) is 0 Å². The van der Waals surface area contributed by atoms with Crippen molar-refractivity contribution in [1.82, 2.24) is 4.90 Å². The number of para-hydroxylation sites is 1. The lowest BCUT2D eigenvalue weighted by Gasteiger charge is -2.42. The minimum absolute atomic E-state index is 0.103. The van der Waals surface area contributed by atoms with Crippen molar-refractivity contribution in [2.75, 3.05) is 33.4 Å². The average molecular weight is 355 g/mol. The molecule has 1 aliphatic rings. The van der Waals surface area contributed by atoms with E-state index < -0.39 is 5.60 Å². The summed E-state index contributed by atoms with van der Waals surface area (Å²) < 4.78 is 11.3. The van der Waals surface area contributed by atoms with Gasteiger partial charge >= 0.3 is 0 Å². The summed E-state index contributed by atoms with van der Waals surface area (Å²) in [6.45, 7) is 3.13. The maximum atomic E-state index is 13.0. The first-order valence-corrected chi connectivity index (χ1v) is 8.80. The van der Waals surface area contributed by atoms with Gasteiger partial charge in [-0.3, -0.25) is 4.79 Å². The molecule has 1 atom stereocenters. The molecule has 5 nitrogen and oxygen atoms in total. The van der Waals surface area contributed by atoms with Gasteiger partial charge in [-0.25, -0.2) is 0 Å². The van der Waals surface area contributed by atoms with Crippen molar-refractivity contribution in [3.05, 3.63) is 65.2 Å². The third-order valence-corrected chi connectivity index (χ3v) is 4.94. The van der Waals surface area contributed by atoms with Crippen LogP contribution < -0.4 is 4.74 Å². The number of hydrogen-bond donors (Lipinski definition) is 1. The fourth-order valence-electron chi connectivity index (χ4n) is 3.42. The molecule has 3 rings (SSSR count). The molecule has 1 fully saturated rings. The zero-order valence-corrected chi connectivity index (χ0v) is 15.3. The van der Waals surface area contributed by atoms with Gasteiger partial charge in [0.15, 0.2) is 0 Å². The second kappa shape index (κ2) is 7.89. The topological polar surface area (TPSA) is 59.0 Å². The highest BCUT2D eigenvalue weighted by molar-refractivity contribution is 5.97. The van der Waals surface area contributed by atoms with Crippen molar-refractivity contribution >= 4 is 5.91 Å². The third kappa shape index (κ3) is 3.74. The van der Waals surface area contributed by atoms with Gasteiger partial charge in [-0.05, 0) is 30.2 Å². The highest BCUT2D eigenvalue weighted by Gasteiger charge is 2.39. The summed E-state index contributed by atoms with van der Waals surface area (Å²) in [5, 5.41) is 10.1. The Bertz CT molecular complexity index is 776. The van der Waals surface area contributed by atoms with Gasteiger partial charge in [0, 0.05) is 13.0 Å². The summed E-state index contributed by atoms with van der Waals surface area (Å²) in [5.74, 6) is 0.450. The maximum Gasteiger partial charge on any atom is 0.257 e. The second-order valence-electron chi connectivity index (χ2n) is 6.72. The average Bonchev–Trinajstić information content (AvgIpc) is 2.69. The number of rotatable bonds is 5. The van der Waals surface area contributed by atoms with E-state index in [9.17, 15) is 9.90 Å². The summed E-state index contributed by atoms with van der Waals surface area (Å²) in [5.41, 5.74) is 2.01. The molecule has 1 heterocycles. The van der Waals surface area contributed by atoms with Gasteiger partial charge in [0.1, 0.15) is 11.4 Å². The minimum Gasteiger partial charge on any atom is -0.496 e. The molecule has 5 heteroatoms. The number of aliphatic hydroxyl groups excluding tert-OH is 1. The molecule has 138 valence electrons. The van der Waals surface area contributed by atoms with E-state index in [1.54, 1.807) is 24.1 Å². The first kappa shape index (κ1) is 18.4. The van der Waals surface area contributed by atoms with Crippen LogP contribution in [-0.2, 0) is 11.2 Å². The van der Waals surface area contributed by atoms with Gasteiger partial charge in [-0.15, -0.1) is 0 Å². The Labute approximate surface area is 154 Å². The third-order valence-electron chi connectivity index (χ3n) is 4.94. The minimum atomic E-state index is -0.790. The first-order valence-electron chi connectivity index (χ1n) is 8.80. The van der Waals surface area contributed by atoms with E-state index in [4.69, 9.17) is 9.47 Å². The van der Waals surface area contributed by atoms with Gasteiger partial charge in [-0.1, -0.05) is 36.4 Å². The number of hydrogen-bond acceptors (Lipinski definition) is 4. The zero-order valence-electron chi connectivity index (χ0n) is 15.3. The predicted molar refractivity (Wildman–Crippen MR) is 99.5 cm³/mol. The van der Waals surface area contributed by atoms with Gasteiger partial charge < -0.3 is 19.5 Å². The Hall–Kier alpha value is -2.37. The van der Waals surface area contributed by atoms with Crippen molar-refractivity contribution < 1.29 is 19.4 Å². The lowest BCUT2D eigenvalue weighted by molar-refractivity contribution is -0.123. The Morgan fingerprint density at radius 1 is 1.23 bits per heavy atom. The molecule has 26 heavy (non-hydrogen) atoms. The summed E-state index contributed by atoms with van der Waals surface area (Å²) in [4.78, 5) is 14.8. The molecule has 1 N–H and O–H groups in total. The van der Waals surface area contributed by atoms with Crippen LogP contribution in [0.1, 0.15) is 21.5 Å². The van der Waals surface area contributed by atoms with E-state index in [1.165, 1.54) is 0 Å². The van der Waals surface area contributed by atoms with Crippen molar-refractivity contribution in [1.29, 1.82) is 0 Å². The molecular formula is C21H25NO4. The van der Waals surface area contributed by atoms with E-state index >= 15 is 0 Å². The fraction of sp³-hybridized carbons (Fsp3) is 0.381. The zero-order chi connectivity index (χ0) is 18.6. The van der Waals surface area contributed by atoms with E-state index in [-0.39, 0.29) is 12.5 Å². The lowest BCUT2D eigenvalue weighted by Crippen LogP contribution is -2.56. The van der Waals surface area contributed by atoms with Crippen molar-refractivity contribution in [2.45, 2.75) is 18.9 Å². The Morgan fingerprint density at radius 2 is 1.96 bits per heavy atom. The molecule has 0 bridgehead atoms. The van der Waals surface area contributed by atoms with Gasteiger partial charge in [0.05, 0.1) is 32.4 Å². The number of nitrogens with zero attached hydrogens (tertiary/aromatic N) is 1. The first-order chi connectivity index (χ1) is 12.6. The Morgan fingerprint density at radius 3 is 2.69 bits per heavy atom. The number of amides is 1. The molecule has 0 spiro atoms. The quantitative estimate of drug-likeness (QED) is 0.895. The van der Waals surface area contributed by atoms with E-state index in [2.05, 4.69) is 0 Å². The highest BCUT2D eigenvalue weighted by atomic mass is 16.5. The summed E-state index contributed by atoms with van der Waals surface area (Å²) in [6.07, 6.45) is 0.561. The van der Waals surface area contributed by atoms with Crippen molar-refractivity contribution in [3.8, 4) is 5.75 Å². The second-order valence-corrected chi connectivity index (χ2v) is 6.72. The number of aliphatic hydroxyl groups is 1. The van der Waals surface area contributed by atoms with Gasteiger partial charge in [0.2, 0.25) is 0 Å². The van der Waals surface area contributed by atoms with E-state index in [1.807, 2.05) is 43.3 Å². The number of methoxy groups -OCH3 is 1. The fourth-order valence-corrected chi connectivity index (χ4v) is 3.42. The highest BCUT2D eigenvalue weighted by Crippen LogP contribution is 2.27. The van der Waals surface area contributed by atoms with Crippen LogP contribution in [0.15, 0.2) is 48.5 Å². The van der Waals surface area contributed by atoms with Crippen LogP contribution in [0, 0.1) is 6.92 Å². The van der Waals surface area contributed by atoms with Crippen LogP contribution in [0.2, 0.25) is 0 Å². The molecule has 0 saturated carbocycles. The number of benzene rings is 2. The molecule has 0 aromatic heterocycles. The predicted octanol–water partition coefficient (Wildman–Crippen LogP) is 2.45. The van der Waals surface area contributed by atoms with Crippen LogP contribution in [0.3, 0.4) is 0 Å². The van der Waals surface area contributed by atoms with Crippen LogP contribution in [0.25, 0.3) is 0 Å². The Kier molecular flexibility index (Phi) is 5.59. The standard InChI is InChI=1S/C21H25NO4/c1-16-7-3-4-8-17(16)13-21(15-23)14-22(11-12-26-21)20(24)18-9-5-6-10-19(18)25-2/h3-10,23H,11-15H2,1-2H3/t21-/m0/s1. The lowest BCUT2D eigenvalue weighted by atomic mass is 9.90. The summed E-state index contributed by atoms with van der Waals surface area (Å²) in [7, 11) is 1.56.